The van der Waals surface area contributed by atoms with Crippen molar-refractivity contribution >= 4 is 11.7 Å². The van der Waals surface area contributed by atoms with E-state index in [9.17, 15) is 4.79 Å². The van der Waals surface area contributed by atoms with Gasteiger partial charge in [0.1, 0.15) is 12.4 Å². The average Bonchev–Trinajstić information content (AvgIpc) is 2.65. The van der Waals surface area contributed by atoms with Crippen molar-refractivity contribution in [3.8, 4) is 0 Å². The van der Waals surface area contributed by atoms with Crippen LogP contribution in [0.5, 0.6) is 0 Å². The van der Waals surface area contributed by atoms with Crippen LogP contribution < -0.4 is 4.90 Å². The molecule has 0 atom stereocenters. The standard InChI is InChI=1S/C14H21N3O3/c1-19-9-8-16-6-7-17(13(18)11-20-2)10-12-4-3-5-15-14(12)16/h3-5H,6-11H2,1-2H3. The quantitative estimate of drug-likeness (QED) is 0.786. The summed E-state index contributed by atoms with van der Waals surface area (Å²) in [6.45, 7) is 3.53. The Kier molecular flexibility index (Phi) is 5.31. The Hall–Kier alpha value is -1.66. The number of ether oxygens (including phenoxy) is 2. The topological polar surface area (TPSA) is 54.9 Å². The lowest BCUT2D eigenvalue weighted by Gasteiger charge is -2.23. The second-order valence-corrected chi connectivity index (χ2v) is 4.71. The molecular weight excluding hydrogens is 258 g/mol. The fourth-order valence-electron chi connectivity index (χ4n) is 2.32. The Bertz CT molecular complexity index is 453. The molecule has 0 N–H and O–H groups in total. The minimum Gasteiger partial charge on any atom is -0.383 e. The number of amides is 1. The second-order valence-electron chi connectivity index (χ2n) is 4.71. The molecule has 110 valence electrons. The number of methoxy groups -OCH3 is 2. The number of fused-ring (bicyclic) bond motifs is 1. The van der Waals surface area contributed by atoms with Crippen molar-refractivity contribution in [3.63, 3.8) is 0 Å². The van der Waals surface area contributed by atoms with Gasteiger partial charge < -0.3 is 19.3 Å². The number of carbonyl (C=O) groups is 1. The van der Waals surface area contributed by atoms with Gasteiger partial charge in [-0.25, -0.2) is 4.98 Å². The van der Waals surface area contributed by atoms with Gasteiger partial charge in [-0.3, -0.25) is 4.79 Å². The summed E-state index contributed by atoms with van der Waals surface area (Å²) in [7, 11) is 3.22. The van der Waals surface area contributed by atoms with Gasteiger partial charge in [0.2, 0.25) is 5.91 Å². The summed E-state index contributed by atoms with van der Waals surface area (Å²) < 4.78 is 10.1. The molecule has 6 heteroatoms. The Morgan fingerprint density at radius 3 is 2.95 bits per heavy atom. The molecule has 2 rings (SSSR count). The average molecular weight is 279 g/mol. The van der Waals surface area contributed by atoms with E-state index in [1.54, 1.807) is 13.3 Å². The van der Waals surface area contributed by atoms with Gasteiger partial charge in [0.25, 0.3) is 0 Å². The largest absolute Gasteiger partial charge is 0.383 e. The highest BCUT2D eigenvalue weighted by Gasteiger charge is 2.23. The summed E-state index contributed by atoms with van der Waals surface area (Å²) in [4.78, 5) is 20.5. The minimum absolute atomic E-state index is 0.0101. The van der Waals surface area contributed by atoms with Crippen LogP contribution in [0.1, 0.15) is 5.56 Å². The van der Waals surface area contributed by atoms with E-state index in [1.165, 1.54) is 7.11 Å². The van der Waals surface area contributed by atoms with Crippen LogP contribution >= 0.6 is 0 Å². The third-order valence-electron chi connectivity index (χ3n) is 3.35. The van der Waals surface area contributed by atoms with E-state index in [2.05, 4.69) is 9.88 Å². The van der Waals surface area contributed by atoms with Crippen LogP contribution in [0.15, 0.2) is 18.3 Å². The fourth-order valence-corrected chi connectivity index (χ4v) is 2.32. The first-order chi connectivity index (χ1) is 9.76. The van der Waals surface area contributed by atoms with Gasteiger partial charge >= 0.3 is 0 Å². The molecule has 0 radical (unpaired) electrons. The molecule has 0 unspecified atom stereocenters. The fraction of sp³-hybridized carbons (Fsp3) is 0.571. The molecule has 0 saturated carbocycles. The SMILES string of the molecule is COCCN1CCN(C(=O)COC)Cc2cccnc21. The molecule has 2 heterocycles. The molecule has 0 aliphatic carbocycles. The number of anilines is 1. The highest BCUT2D eigenvalue weighted by molar-refractivity contribution is 5.78. The van der Waals surface area contributed by atoms with Crippen LogP contribution in [0.4, 0.5) is 5.82 Å². The van der Waals surface area contributed by atoms with Crippen LogP contribution in [0.3, 0.4) is 0 Å². The predicted molar refractivity (Wildman–Crippen MR) is 75.6 cm³/mol. The van der Waals surface area contributed by atoms with E-state index >= 15 is 0 Å². The van der Waals surface area contributed by atoms with E-state index in [4.69, 9.17) is 9.47 Å². The molecule has 1 aromatic heterocycles. The highest BCUT2D eigenvalue weighted by atomic mass is 16.5. The Balaban J connectivity index is 2.17. The van der Waals surface area contributed by atoms with E-state index in [1.807, 2.05) is 17.0 Å². The van der Waals surface area contributed by atoms with Crippen molar-refractivity contribution in [1.82, 2.24) is 9.88 Å². The van der Waals surface area contributed by atoms with Crippen molar-refractivity contribution < 1.29 is 14.3 Å². The van der Waals surface area contributed by atoms with Crippen LogP contribution in [0.2, 0.25) is 0 Å². The van der Waals surface area contributed by atoms with Crippen molar-refractivity contribution in [2.45, 2.75) is 6.54 Å². The van der Waals surface area contributed by atoms with Gasteiger partial charge in [0.15, 0.2) is 0 Å². The smallest absolute Gasteiger partial charge is 0.248 e. The zero-order valence-corrected chi connectivity index (χ0v) is 12.0. The van der Waals surface area contributed by atoms with Crippen LogP contribution in [-0.2, 0) is 20.8 Å². The van der Waals surface area contributed by atoms with Gasteiger partial charge in [-0.2, -0.15) is 0 Å². The first kappa shape index (κ1) is 14.7. The molecule has 1 aliphatic heterocycles. The number of nitrogens with zero attached hydrogens (tertiary/aromatic N) is 3. The number of pyridine rings is 1. The number of hydrogen-bond donors (Lipinski definition) is 0. The lowest BCUT2D eigenvalue weighted by Crippen LogP contribution is -2.38. The predicted octanol–water partition coefficient (Wildman–Crippen LogP) is 0.523. The lowest BCUT2D eigenvalue weighted by atomic mass is 10.2. The third kappa shape index (κ3) is 3.46. The molecule has 6 nitrogen and oxygen atoms in total. The number of carbonyl (C=O) groups excluding carboxylic acids is 1. The summed E-state index contributed by atoms with van der Waals surface area (Å²) in [6.07, 6.45) is 1.78. The van der Waals surface area contributed by atoms with Crippen molar-refractivity contribution in [2.24, 2.45) is 0 Å². The Labute approximate surface area is 119 Å². The van der Waals surface area contributed by atoms with Gasteiger partial charge in [0.05, 0.1) is 6.61 Å². The Morgan fingerprint density at radius 2 is 2.20 bits per heavy atom. The van der Waals surface area contributed by atoms with E-state index in [-0.39, 0.29) is 12.5 Å². The molecule has 1 aliphatic rings. The van der Waals surface area contributed by atoms with E-state index < -0.39 is 0 Å². The minimum atomic E-state index is 0.0101. The van der Waals surface area contributed by atoms with Crippen molar-refractivity contribution in [2.75, 3.05) is 52.0 Å². The molecule has 0 fully saturated rings. The lowest BCUT2D eigenvalue weighted by molar-refractivity contribution is -0.135. The molecular formula is C14H21N3O3. The number of hydrogen-bond acceptors (Lipinski definition) is 5. The molecule has 0 bridgehead atoms. The third-order valence-corrected chi connectivity index (χ3v) is 3.35. The van der Waals surface area contributed by atoms with Crippen LogP contribution in [-0.4, -0.2) is 62.9 Å². The van der Waals surface area contributed by atoms with Gasteiger partial charge in [-0.15, -0.1) is 0 Å². The molecule has 1 aromatic rings. The van der Waals surface area contributed by atoms with Crippen LogP contribution in [0.25, 0.3) is 0 Å². The van der Waals surface area contributed by atoms with Gasteiger partial charge in [0, 0.05) is 52.2 Å². The molecule has 0 aromatic carbocycles. The summed E-state index contributed by atoms with van der Waals surface area (Å²) >= 11 is 0. The summed E-state index contributed by atoms with van der Waals surface area (Å²) in [5.74, 6) is 0.952. The first-order valence-corrected chi connectivity index (χ1v) is 6.70. The van der Waals surface area contributed by atoms with Gasteiger partial charge in [-0.1, -0.05) is 6.07 Å². The van der Waals surface area contributed by atoms with E-state index in [0.29, 0.717) is 19.7 Å². The Morgan fingerprint density at radius 1 is 1.35 bits per heavy atom. The summed E-state index contributed by atoms with van der Waals surface area (Å²) in [6, 6.07) is 3.91. The zero-order chi connectivity index (χ0) is 14.4. The molecule has 0 saturated heterocycles. The van der Waals surface area contributed by atoms with E-state index in [0.717, 1.165) is 24.5 Å². The maximum absolute atomic E-state index is 12.0. The van der Waals surface area contributed by atoms with Gasteiger partial charge in [-0.05, 0) is 6.07 Å². The van der Waals surface area contributed by atoms with Crippen molar-refractivity contribution in [1.29, 1.82) is 0 Å². The monoisotopic (exact) mass is 279 g/mol. The number of rotatable bonds is 5. The molecule has 1 amide bonds. The normalized spacial score (nSPS) is 14.9. The first-order valence-electron chi connectivity index (χ1n) is 6.70. The zero-order valence-electron chi connectivity index (χ0n) is 12.0. The summed E-state index contributed by atoms with van der Waals surface area (Å²) in [5, 5.41) is 0. The summed E-state index contributed by atoms with van der Waals surface area (Å²) in [5.41, 5.74) is 1.06. The molecule has 0 spiro atoms. The number of aromatic nitrogens is 1. The maximum atomic E-state index is 12.0. The van der Waals surface area contributed by atoms with Crippen molar-refractivity contribution in [3.05, 3.63) is 23.9 Å². The molecule has 20 heavy (non-hydrogen) atoms. The van der Waals surface area contributed by atoms with Crippen LogP contribution in [0, 0.1) is 0 Å². The second kappa shape index (κ2) is 7.21. The highest BCUT2D eigenvalue weighted by Crippen LogP contribution is 2.22. The maximum Gasteiger partial charge on any atom is 0.248 e.